The lowest BCUT2D eigenvalue weighted by Crippen LogP contribution is -2.04. The van der Waals surface area contributed by atoms with Crippen molar-refractivity contribution < 1.29 is 9.84 Å². The maximum absolute atomic E-state index is 8.63. The van der Waals surface area contributed by atoms with Gasteiger partial charge in [0.25, 0.3) is 0 Å². The van der Waals surface area contributed by atoms with Crippen LogP contribution < -0.4 is 4.74 Å². The number of aliphatic hydroxyl groups is 1. The highest BCUT2D eigenvalue weighted by molar-refractivity contribution is 9.10. The van der Waals surface area contributed by atoms with E-state index in [4.69, 9.17) is 9.84 Å². The molecule has 1 aromatic carbocycles. The number of hydrogen-bond donors (Lipinski definition) is 1. The van der Waals surface area contributed by atoms with E-state index in [2.05, 4.69) is 22.0 Å². The van der Waals surface area contributed by atoms with Crippen molar-refractivity contribution >= 4 is 15.9 Å². The lowest BCUT2D eigenvalue weighted by molar-refractivity contribution is 0.200. The normalized spacial score (nSPS) is 10.2. The van der Waals surface area contributed by atoms with Crippen LogP contribution in [0.1, 0.15) is 11.1 Å². The predicted octanol–water partition coefficient (Wildman–Crippen LogP) is 2.24. The van der Waals surface area contributed by atoms with Gasteiger partial charge in [-0.25, -0.2) is 0 Å². The molecule has 1 rings (SSSR count). The number of halogens is 1. The minimum absolute atomic E-state index is 0.0331. The molecule has 0 aliphatic carbocycles. The highest BCUT2D eigenvalue weighted by atomic mass is 79.9. The van der Waals surface area contributed by atoms with Gasteiger partial charge in [0.15, 0.2) is 0 Å². The van der Waals surface area contributed by atoms with E-state index in [1.165, 1.54) is 0 Å². The Balaban J connectivity index is 2.96. The summed E-state index contributed by atoms with van der Waals surface area (Å²) in [7, 11) is 0. The third-order valence-electron chi connectivity index (χ3n) is 1.79. The van der Waals surface area contributed by atoms with Crippen molar-refractivity contribution in [1.82, 2.24) is 0 Å². The first-order valence-corrected chi connectivity index (χ1v) is 4.87. The number of aryl methyl sites for hydroxylation is 1. The van der Waals surface area contributed by atoms with E-state index in [0.29, 0.717) is 6.61 Å². The Hall–Kier alpha value is -0.540. The molecule has 1 N–H and O–H groups in total. The van der Waals surface area contributed by atoms with Crippen LogP contribution in [0.4, 0.5) is 0 Å². The van der Waals surface area contributed by atoms with Crippen LogP contribution in [0.3, 0.4) is 0 Å². The van der Waals surface area contributed by atoms with Crippen molar-refractivity contribution in [3.8, 4) is 5.75 Å². The quantitative estimate of drug-likeness (QED) is 0.883. The molecular formula is C10H12BrO2. The minimum Gasteiger partial charge on any atom is -0.491 e. The summed E-state index contributed by atoms with van der Waals surface area (Å²) >= 11 is 3.40. The second-order valence-corrected chi connectivity index (χ2v) is 3.64. The van der Waals surface area contributed by atoms with Crippen molar-refractivity contribution in [2.24, 2.45) is 0 Å². The molecule has 0 aliphatic heterocycles. The Morgan fingerprint density at radius 2 is 2.23 bits per heavy atom. The molecule has 0 aromatic heterocycles. The molecule has 0 spiro atoms. The largest absolute Gasteiger partial charge is 0.491 e. The van der Waals surface area contributed by atoms with Crippen LogP contribution >= 0.6 is 15.9 Å². The van der Waals surface area contributed by atoms with Crippen LogP contribution in [-0.4, -0.2) is 18.3 Å². The van der Waals surface area contributed by atoms with Gasteiger partial charge in [-0.3, -0.25) is 0 Å². The van der Waals surface area contributed by atoms with E-state index in [-0.39, 0.29) is 6.61 Å². The third kappa shape index (κ3) is 2.45. The van der Waals surface area contributed by atoms with Gasteiger partial charge in [-0.15, -0.1) is 0 Å². The Labute approximate surface area is 86.7 Å². The van der Waals surface area contributed by atoms with Crippen molar-refractivity contribution in [2.75, 3.05) is 13.2 Å². The topological polar surface area (TPSA) is 29.5 Å². The molecule has 0 saturated carbocycles. The first kappa shape index (κ1) is 10.5. The molecule has 1 aromatic rings. The zero-order valence-electron chi connectivity index (χ0n) is 7.72. The molecule has 71 valence electrons. The van der Waals surface area contributed by atoms with Crippen LogP contribution in [0.25, 0.3) is 0 Å². The van der Waals surface area contributed by atoms with E-state index in [0.717, 1.165) is 21.3 Å². The Bertz CT molecular complexity index is 297. The van der Waals surface area contributed by atoms with Gasteiger partial charge in [0.05, 0.1) is 6.61 Å². The van der Waals surface area contributed by atoms with Gasteiger partial charge in [-0.1, -0.05) is 15.9 Å². The summed E-state index contributed by atoms with van der Waals surface area (Å²) < 4.78 is 6.36. The average molecular weight is 244 g/mol. The lowest BCUT2D eigenvalue weighted by atomic mass is 10.1. The molecule has 1 radical (unpaired) electrons. The molecule has 0 atom stereocenters. The summed E-state index contributed by atoms with van der Waals surface area (Å²) in [5, 5.41) is 8.63. The molecule has 13 heavy (non-hydrogen) atoms. The van der Waals surface area contributed by atoms with Gasteiger partial charge in [0, 0.05) is 10.0 Å². The fourth-order valence-electron chi connectivity index (χ4n) is 1.10. The summed E-state index contributed by atoms with van der Waals surface area (Å²) in [6, 6.07) is 4.94. The Kier molecular flexibility index (Phi) is 3.75. The van der Waals surface area contributed by atoms with E-state index in [1.54, 1.807) is 0 Å². The van der Waals surface area contributed by atoms with Gasteiger partial charge >= 0.3 is 0 Å². The zero-order chi connectivity index (χ0) is 9.84. The molecule has 2 nitrogen and oxygen atoms in total. The molecular weight excluding hydrogens is 232 g/mol. The van der Waals surface area contributed by atoms with Gasteiger partial charge in [0.2, 0.25) is 0 Å². The van der Waals surface area contributed by atoms with Crippen LogP contribution in [0, 0.1) is 19.9 Å². The molecule has 0 heterocycles. The van der Waals surface area contributed by atoms with Crippen molar-refractivity contribution in [3.63, 3.8) is 0 Å². The summed E-state index contributed by atoms with van der Waals surface area (Å²) in [6.45, 7) is 4.27. The number of rotatable bonds is 3. The second-order valence-electron chi connectivity index (χ2n) is 2.79. The molecule has 0 unspecified atom stereocenters. The first-order valence-electron chi connectivity index (χ1n) is 4.08. The summed E-state index contributed by atoms with van der Waals surface area (Å²) in [5.74, 6) is 0.809. The minimum atomic E-state index is 0.0331. The number of ether oxygens (including phenoxy) is 1. The Morgan fingerprint density at radius 3 is 2.85 bits per heavy atom. The van der Waals surface area contributed by atoms with Crippen LogP contribution in [0.2, 0.25) is 0 Å². The molecule has 0 bridgehead atoms. The Morgan fingerprint density at radius 1 is 1.54 bits per heavy atom. The smallest absolute Gasteiger partial charge is 0.126 e. The molecule has 0 saturated heterocycles. The third-order valence-corrected chi connectivity index (χ3v) is 2.62. The second kappa shape index (κ2) is 4.63. The molecule has 0 amide bonds. The number of aliphatic hydroxyl groups excluding tert-OH is 1. The molecule has 0 fully saturated rings. The van der Waals surface area contributed by atoms with E-state index in [1.807, 2.05) is 19.9 Å². The van der Waals surface area contributed by atoms with E-state index >= 15 is 0 Å². The fourth-order valence-corrected chi connectivity index (χ4v) is 1.39. The summed E-state index contributed by atoms with van der Waals surface area (Å²) in [6.07, 6.45) is 0. The molecule has 3 heteroatoms. The van der Waals surface area contributed by atoms with Crippen molar-refractivity contribution in [2.45, 2.75) is 13.8 Å². The molecule has 0 aliphatic rings. The van der Waals surface area contributed by atoms with Gasteiger partial charge in [-0.05, 0) is 31.5 Å². The number of hydrogen-bond acceptors (Lipinski definition) is 2. The van der Waals surface area contributed by atoms with Crippen molar-refractivity contribution in [1.29, 1.82) is 0 Å². The number of benzene rings is 1. The van der Waals surface area contributed by atoms with Crippen LogP contribution in [-0.2, 0) is 0 Å². The first-order chi connectivity index (χ1) is 6.16. The average Bonchev–Trinajstić information content (AvgIpc) is 2.12. The summed E-state index contributed by atoms with van der Waals surface area (Å²) in [4.78, 5) is 0. The summed E-state index contributed by atoms with van der Waals surface area (Å²) in [5.41, 5.74) is 2.01. The maximum atomic E-state index is 8.63. The standard InChI is InChI=1S/C10H12BrO2/c1-7-3-4-9(11)8(2)10(7)13-6-5-12/h4,12H,5-6H2,1-2H3. The van der Waals surface area contributed by atoms with Gasteiger partial charge in [-0.2, -0.15) is 0 Å². The SMILES string of the molecule is Cc1[c]cc(Br)c(C)c1OCCO. The fraction of sp³-hybridized carbons (Fsp3) is 0.400. The lowest BCUT2D eigenvalue weighted by Gasteiger charge is -2.11. The van der Waals surface area contributed by atoms with Gasteiger partial charge < -0.3 is 9.84 Å². The highest BCUT2D eigenvalue weighted by Gasteiger charge is 2.06. The van der Waals surface area contributed by atoms with E-state index < -0.39 is 0 Å². The van der Waals surface area contributed by atoms with E-state index in [9.17, 15) is 0 Å². The monoisotopic (exact) mass is 243 g/mol. The van der Waals surface area contributed by atoms with Crippen molar-refractivity contribution in [3.05, 3.63) is 27.7 Å². The van der Waals surface area contributed by atoms with Crippen LogP contribution in [0.15, 0.2) is 10.5 Å². The van der Waals surface area contributed by atoms with Crippen LogP contribution in [0.5, 0.6) is 5.75 Å². The van der Waals surface area contributed by atoms with Gasteiger partial charge in [0.1, 0.15) is 12.4 Å². The highest BCUT2D eigenvalue weighted by Crippen LogP contribution is 2.28. The maximum Gasteiger partial charge on any atom is 0.126 e. The predicted molar refractivity (Wildman–Crippen MR) is 55.0 cm³/mol. The zero-order valence-corrected chi connectivity index (χ0v) is 9.31.